The second-order valence-corrected chi connectivity index (χ2v) is 4.77. The minimum Gasteiger partial charge on any atom is -0.398 e. The van der Waals surface area contributed by atoms with Crippen LogP contribution >= 0.6 is 0 Å². The molecule has 1 aromatic heterocycles. The van der Waals surface area contributed by atoms with Gasteiger partial charge in [-0.15, -0.1) is 5.10 Å². The van der Waals surface area contributed by atoms with Crippen molar-refractivity contribution in [1.82, 2.24) is 20.2 Å². The molecule has 0 radical (unpaired) electrons. The van der Waals surface area contributed by atoms with Gasteiger partial charge in [0, 0.05) is 17.8 Å². The summed E-state index contributed by atoms with van der Waals surface area (Å²) in [4.78, 5) is 0. The van der Waals surface area contributed by atoms with Crippen LogP contribution in [0.1, 0.15) is 25.8 Å². The van der Waals surface area contributed by atoms with Crippen molar-refractivity contribution in [3.05, 3.63) is 23.8 Å². The molecule has 96 valence electrons. The number of nitrogens with two attached hydrogens (primary N) is 1. The molecule has 0 aliphatic rings. The van der Waals surface area contributed by atoms with Crippen molar-refractivity contribution < 1.29 is 0 Å². The SMILES string of the molecule is CCC(C)Cn1nnnc1-c1ccc(C)c(N)c1. The Balaban J connectivity index is 2.33. The zero-order valence-corrected chi connectivity index (χ0v) is 11.1. The van der Waals surface area contributed by atoms with E-state index in [-0.39, 0.29) is 0 Å². The van der Waals surface area contributed by atoms with Gasteiger partial charge >= 0.3 is 0 Å². The maximum atomic E-state index is 5.93. The highest BCUT2D eigenvalue weighted by molar-refractivity contribution is 5.63. The predicted molar refractivity (Wildman–Crippen MR) is 71.9 cm³/mol. The van der Waals surface area contributed by atoms with Gasteiger partial charge in [-0.25, -0.2) is 4.68 Å². The molecule has 5 nitrogen and oxygen atoms in total. The van der Waals surface area contributed by atoms with Gasteiger partial charge in [0.2, 0.25) is 0 Å². The van der Waals surface area contributed by atoms with Crippen LogP contribution in [0.15, 0.2) is 18.2 Å². The maximum Gasteiger partial charge on any atom is 0.182 e. The Hall–Kier alpha value is -1.91. The van der Waals surface area contributed by atoms with Crippen molar-refractivity contribution in [3.63, 3.8) is 0 Å². The van der Waals surface area contributed by atoms with Crippen LogP contribution in [-0.4, -0.2) is 20.2 Å². The summed E-state index contributed by atoms with van der Waals surface area (Å²) in [6.45, 7) is 7.17. The summed E-state index contributed by atoms with van der Waals surface area (Å²) in [5.74, 6) is 1.33. The average Bonchev–Trinajstić information content (AvgIpc) is 2.80. The van der Waals surface area contributed by atoms with Crippen LogP contribution < -0.4 is 5.73 Å². The van der Waals surface area contributed by atoms with E-state index in [1.807, 2.05) is 29.8 Å². The third-order valence-corrected chi connectivity index (χ3v) is 3.25. The van der Waals surface area contributed by atoms with E-state index in [0.717, 1.165) is 35.6 Å². The summed E-state index contributed by atoms with van der Waals surface area (Å²) in [7, 11) is 0. The molecule has 1 unspecified atom stereocenters. The van der Waals surface area contributed by atoms with Gasteiger partial charge in [-0.05, 0) is 34.9 Å². The molecule has 0 bridgehead atoms. The van der Waals surface area contributed by atoms with E-state index in [1.54, 1.807) is 0 Å². The standard InChI is InChI=1S/C13H19N5/c1-4-9(2)8-18-13(15-16-17-18)11-6-5-10(3)12(14)7-11/h5-7,9H,4,8,14H2,1-3H3. The van der Waals surface area contributed by atoms with E-state index < -0.39 is 0 Å². The molecule has 2 N–H and O–H groups in total. The Kier molecular flexibility index (Phi) is 3.60. The van der Waals surface area contributed by atoms with Gasteiger partial charge in [-0.3, -0.25) is 0 Å². The molecule has 0 aliphatic carbocycles. The smallest absolute Gasteiger partial charge is 0.182 e. The van der Waals surface area contributed by atoms with Crippen molar-refractivity contribution in [3.8, 4) is 11.4 Å². The van der Waals surface area contributed by atoms with Crippen molar-refractivity contribution in [2.24, 2.45) is 5.92 Å². The van der Waals surface area contributed by atoms with Crippen LogP contribution in [0.4, 0.5) is 5.69 Å². The van der Waals surface area contributed by atoms with Crippen LogP contribution in [0.2, 0.25) is 0 Å². The maximum absolute atomic E-state index is 5.93. The normalized spacial score (nSPS) is 12.6. The van der Waals surface area contributed by atoms with Gasteiger partial charge < -0.3 is 5.73 Å². The molecular formula is C13H19N5. The van der Waals surface area contributed by atoms with E-state index in [2.05, 4.69) is 29.4 Å². The summed E-state index contributed by atoms with van der Waals surface area (Å²) < 4.78 is 1.85. The molecule has 0 aliphatic heterocycles. The number of tetrazole rings is 1. The number of rotatable bonds is 4. The minimum atomic E-state index is 0.551. The monoisotopic (exact) mass is 245 g/mol. The zero-order valence-electron chi connectivity index (χ0n) is 11.1. The highest BCUT2D eigenvalue weighted by atomic mass is 15.5. The zero-order chi connectivity index (χ0) is 13.1. The average molecular weight is 245 g/mol. The number of benzene rings is 1. The van der Waals surface area contributed by atoms with Gasteiger partial charge in [-0.1, -0.05) is 32.4 Å². The number of anilines is 1. The Morgan fingerprint density at radius 3 is 2.83 bits per heavy atom. The lowest BCUT2D eigenvalue weighted by Gasteiger charge is -2.10. The number of aromatic nitrogens is 4. The number of aryl methyl sites for hydroxylation is 1. The molecule has 1 aromatic carbocycles. The van der Waals surface area contributed by atoms with Crippen molar-refractivity contribution in [2.45, 2.75) is 33.7 Å². The van der Waals surface area contributed by atoms with Crippen LogP contribution in [0.5, 0.6) is 0 Å². The molecule has 0 saturated carbocycles. The molecule has 0 amide bonds. The van der Waals surface area contributed by atoms with Crippen LogP contribution in [0, 0.1) is 12.8 Å². The minimum absolute atomic E-state index is 0.551. The fourth-order valence-corrected chi connectivity index (χ4v) is 1.74. The van der Waals surface area contributed by atoms with Gasteiger partial charge in [-0.2, -0.15) is 0 Å². The quantitative estimate of drug-likeness (QED) is 0.839. The molecule has 2 aromatic rings. The number of nitrogen functional groups attached to an aromatic ring is 1. The van der Waals surface area contributed by atoms with Crippen LogP contribution in [-0.2, 0) is 6.54 Å². The number of hydrogen-bond acceptors (Lipinski definition) is 4. The fourth-order valence-electron chi connectivity index (χ4n) is 1.74. The molecule has 18 heavy (non-hydrogen) atoms. The summed E-state index contributed by atoms with van der Waals surface area (Å²) in [6.07, 6.45) is 1.11. The van der Waals surface area contributed by atoms with Crippen LogP contribution in [0.25, 0.3) is 11.4 Å². The lowest BCUT2D eigenvalue weighted by atomic mass is 10.1. The molecule has 0 saturated heterocycles. The third kappa shape index (κ3) is 2.50. The van der Waals surface area contributed by atoms with E-state index in [1.165, 1.54) is 0 Å². The van der Waals surface area contributed by atoms with E-state index in [0.29, 0.717) is 5.92 Å². The molecular weight excluding hydrogens is 226 g/mol. The Bertz CT molecular complexity index is 532. The second-order valence-electron chi connectivity index (χ2n) is 4.77. The summed E-state index contributed by atoms with van der Waals surface area (Å²) in [6, 6.07) is 5.92. The molecule has 1 heterocycles. The van der Waals surface area contributed by atoms with Gasteiger partial charge in [0.1, 0.15) is 0 Å². The highest BCUT2D eigenvalue weighted by Gasteiger charge is 2.11. The Morgan fingerprint density at radius 1 is 1.39 bits per heavy atom. The molecule has 5 heteroatoms. The van der Waals surface area contributed by atoms with Crippen LogP contribution in [0.3, 0.4) is 0 Å². The second kappa shape index (κ2) is 5.16. The Morgan fingerprint density at radius 2 is 2.17 bits per heavy atom. The first kappa shape index (κ1) is 12.5. The summed E-state index contributed by atoms with van der Waals surface area (Å²) in [5, 5.41) is 11.9. The van der Waals surface area contributed by atoms with Gasteiger partial charge in [0.25, 0.3) is 0 Å². The summed E-state index contributed by atoms with van der Waals surface area (Å²) in [5.41, 5.74) is 8.73. The van der Waals surface area contributed by atoms with E-state index >= 15 is 0 Å². The predicted octanol–water partition coefficient (Wildman–Crippen LogP) is 2.28. The van der Waals surface area contributed by atoms with Crippen molar-refractivity contribution >= 4 is 5.69 Å². The first-order valence-electron chi connectivity index (χ1n) is 6.24. The molecule has 0 fully saturated rings. The first-order chi connectivity index (χ1) is 8.61. The van der Waals surface area contributed by atoms with E-state index in [9.17, 15) is 0 Å². The Labute approximate surface area is 107 Å². The van der Waals surface area contributed by atoms with Gasteiger partial charge in [0.15, 0.2) is 5.82 Å². The topological polar surface area (TPSA) is 69.6 Å². The van der Waals surface area contributed by atoms with E-state index in [4.69, 9.17) is 5.73 Å². The largest absolute Gasteiger partial charge is 0.398 e. The van der Waals surface area contributed by atoms with Gasteiger partial charge in [0.05, 0.1) is 0 Å². The fraction of sp³-hybridized carbons (Fsp3) is 0.462. The number of nitrogens with zero attached hydrogens (tertiary/aromatic N) is 4. The first-order valence-corrected chi connectivity index (χ1v) is 6.24. The molecule has 1 atom stereocenters. The molecule has 0 spiro atoms. The van der Waals surface area contributed by atoms with Crippen molar-refractivity contribution in [2.75, 3.05) is 5.73 Å². The lowest BCUT2D eigenvalue weighted by molar-refractivity contribution is 0.434. The van der Waals surface area contributed by atoms with Crippen molar-refractivity contribution in [1.29, 1.82) is 0 Å². The number of hydrogen-bond donors (Lipinski definition) is 1. The summed E-state index contributed by atoms with van der Waals surface area (Å²) >= 11 is 0. The highest BCUT2D eigenvalue weighted by Crippen LogP contribution is 2.22. The lowest BCUT2D eigenvalue weighted by Crippen LogP contribution is -2.10. The third-order valence-electron chi connectivity index (χ3n) is 3.25. The molecule has 2 rings (SSSR count).